The van der Waals surface area contributed by atoms with Gasteiger partial charge in [-0.25, -0.2) is 0 Å². The van der Waals surface area contributed by atoms with Gasteiger partial charge in [0.15, 0.2) is 5.82 Å². The fraction of sp³-hybridized carbons (Fsp3) is 0.583. The van der Waals surface area contributed by atoms with Crippen molar-refractivity contribution in [2.24, 2.45) is 0 Å². The Balaban J connectivity index is 2.20. The van der Waals surface area contributed by atoms with E-state index in [2.05, 4.69) is 21.6 Å². The summed E-state index contributed by atoms with van der Waals surface area (Å²) in [6.07, 6.45) is 2.37. The molecule has 0 aliphatic carbocycles. The molecule has 0 amide bonds. The molecule has 1 atom stereocenters. The minimum atomic E-state index is 0.414. The van der Waals surface area contributed by atoms with Gasteiger partial charge >= 0.3 is 0 Å². The molecule has 2 rings (SSSR count). The minimum absolute atomic E-state index is 0.414. The Hall–Kier alpha value is -1.28. The largest absolute Gasteiger partial charge is 0.364 e. The third-order valence-corrected chi connectivity index (χ3v) is 4.28. The van der Waals surface area contributed by atoms with Gasteiger partial charge < -0.3 is 5.32 Å². The van der Waals surface area contributed by atoms with Crippen molar-refractivity contribution in [2.45, 2.75) is 32.7 Å². The average Bonchev–Trinajstić information content (AvgIpc) is 2.36. The van der Waals surface area contributed by atoms with E-state index in [1.165, 1.54) is 12.2 Å². The highest BCUT2D eigenvalue weighted by atomic mass is 32.2. The number of hydrogen-bond acceptors (Lipinski definition) is 5. The fourth-order valence-electron chi connectivity index (χ4n) is 1.89. The van der Waals surface area contributed by atoms with Crippen molar-refractivity contribution in [3.63, 3.8) is 0 Å². The normalized spacial score (nSPS) is 19.7. The van der Waals surface area contributed by atoms with Gasteiger partial charge in [0.2, 0.25) is 0 Å². The summed E-state index contributed by atoms with van der Waals surface area (Å²) in [7, 11) is 0. The van der Waals surface area contributed by atoms with Crippen molar-refractivity contribution < 1.29 is 0 Å². The van der Waals surface area contributed by atoms with Crippen molar-refractivity contribution in [1.82, 2.24) is 10.2 Å². The first-order chi connectivity index (χ1) is 8.22. The molecule has 1 aromatic rings. The van der Waals surface area contributed by atoms with Gasteiger partial charge in [-0.1, -0.05) is 0 Å². The summed E-state index contributed by atoms with van der Waals surface area (Å²) in [4.78, 5) is 0. The summed E-state index contributed by atoms with van der Waals surface area (Å²) in [6.45, 7) is 3.80. The summed E-state index contributed by atoms with van der Waals surface area (Å²) in [5.74, 6) is 2.96. The molecule has 1 N–H and O–H groups in total. The van der Waals surface area contributed by atoms with E-state index in [1.807, 2.05) is 25.6 Å². The molecule has 1 fully saturated rings. The fourth-order valence-corrected chi connectivity index (χ4v) is 2.97. The van der Waals surface area contributed by atoms with E-state index >= 15 is 0 Å². The molecule has 1 unspecified atom stereocenters. The van der Waals surface area contributed by atoms with Crippen LogP contribution in [0.2, 0.25) is 0 Å². The van der Waals surface area contributed by atoms with Crippen LogP contribution in [0.25, 0.3) is 0 Å². The molecule has 1 aromatic heterocycles. The van der Waals surface area contributed by atoms with E-state index in [4.69, 9.17) is 0 Å². The van der Waals surface area contributed by atoms with Gasteiger partial charge in [0, 0.05) is 11.8 Å². The predicted molar refractivity (Wildman–Crippen MR) is 70.2 cm³/mol. The summed E-state index contributed by atoms with van der Waals surface area (Å²) in [5, 5.41) is 20.7. The van der Waals surface area contributed by atoms with Gasteiger partial charge in [-0.3, -0.25) is 0 Å². The topological polar surface area (TPSA) is 61.6 Å². The Morgan fingerprint density at radius 2 is 2.24 bits per heavy atom. The molecule has 5 heteroatoms. The second kappa shape index (κ2) is 5.37. The molecule has 90 valence electrons. The zero-order valence-corrected chi connectivity index (χ0v) is 11.0. The van der Waals surface area contributed by atoms with Crippen LogP contribution < -0.4 is 5.32 Å². The molecule has 1 saturated heterocycles. The second-order valence-electron chi connectivity index (χ2n) is 4.30. The molecule has 0 radical (unpaired) electrons. The molecule has 17 heavy (non-hydrogen) atoms. The molecule has 0 spiro atoms. The maximum absolute atomic E-state index is 9.19. The van der Waals surface area contributed by atoms with Crippen LogP contribution in [-0.4, -0.2) is 27.7 Å². The minimum Gasteiger partial charge on any atom is -0.364 e. The van der Waals surface area contributed by atoms with E-state index in [-0.39, 0.29) is 0 Å². The number of nitrogens with one attached hydrogen (secondary N) is 1. The predicted octanol–water partition coefficient (Wildman–Crippen LogP) is 2.27. The number of aromatic nitrogens is 2. The van der Waals surface area contributed by atoms with Gasteiger partial charge in [0.1, 0.15) is 11.6 Å². The summed E-state index contributed by atoms with van der Waals surface area (Å²) in [6, 6.07) is 2.64. The lowest BCUT2D eigenvalue weighted by Gasteiger charge is -2.23. The summed E-state index contributed by atoms with van der Waals surface area (Å²) < 4.78 is 0. The number of rotatable bonds is 2. The number of nitriles is 1. The maximum Gasteiger partial charge on any atom is 0.167 e. The molecule has 2 heterocycles. The van der Waals surface area contributed by atoms with Crippen LogP contribution in [-0.2, 0) is 0 Å². The van der Waals surface area contributed by atoms with Crippen LogP contribution in [0.4, 0.5) is 5.82 Å². The molecule has 1 aliphatic rings. The van der Waals surface area contributed by atoms with Crippen LogP contribution >= 0.6 is 11.8 Å². The van der Waals surface area contributed by atoms with E-state index in [9.17, 15) is 5.26 Å². The van der Waals surface area contributed by atoms with Gasteiger partial charge in [-0.05, 0) is 38.0 Å². The van der Waals surface area contributed by atoms with Crippen molar-refractivity contribution >= 4 is 17.6 Å². The van der Waals surface area contributed by atoms with Gasteiger partial charge in [0.05, 0.1) is 5.69 Å². The first-order valence-electron chi connectivity index (χ1n) is 5.80. The molecule has 0 saturated carbocycles. The lowest BCUT2D eigenvalue weighted by molar-refractivity contribution is 0.679. The Morgan fingerprint density at radius 1 is 1.41 bits per heavy atom. The van der Waals surface area contributed by atoms with Crippen LogP contribution in [0, 0.1) is 25.2 Å². The van der Waals surface area contributed by atoms with E-state index < -0.39 is 0 Å². The van der Waals surface area contributed by atoms with Crippen LogP contribution in [0.15, 0.2) is 0 Å². The highest BCUT2D eigenvalue weighted by Gasteiger charge is 2.17. The average molecular weight is 248 g/mol. The van der Waals surface area contributed by atoms with Crippen LogP contribution in [0.1, 0.15) is 29.7 Å². The Morgan fingerprint density at radius 3 is 2.88 bits per heavy atom. The quantitative estimate of drug-likeness (QED) is 0.870. The van der Waals surface area contributed by atoms with E-state index in [0.29, 0.717) is 17.4 Å². The smallest absolute Gasteiger partial charge is 0.167 e. The zero-order chi connectivity index (χ0) is 12.3. The summed E-state index contributed by atoms with van der Waals surface area (Å²) in [5.41, 5.74) is 2.38. The standard InChI is InChI=1S/C12H16N4S/c1-8-9(2)15-16-12(11(8)6-13)14-10-4-3-5-17-7-10/h10H,3-5,7H2,1-2H3,(H,14,16). The Bertz CT molecular complexity index is 447. The molecule has 0 bridgehead atoms. The SMILES string of the molecule is Cc1nnc(NC2CCCSC2)c(C#N)c1C. The van der Waals surface area contributed by atoms with Gasteiger partial charge in [0.25, 0.3) is 0 Å². The molecular formula is C12H16N4S. The number of anilines is 1. The van der Waals surface area contributed by atoms with Crippen LogP contribution in [0.3, 0.4) is 0 Å². The van der Waals surface area contributed by atoms with Crippen LogP contribution in [0.5, 0.6) is 0 Å². The number of aryl methyl sites for hydroxylation is 1. The third-order valence-electron chi connectivity index (χ3n) is 3.07. The number of nitrogens with zero attached hydrogens (tertiary/aromatic N) is 3. The molecule has 0 aromatic carbocycles. The Kier molecular flexibility index (Phi) is 3.85. The number of hydrogen-bond donors (Lipinski definition) is 1. The summed E-state index contributed by atoms with van der Waals surface area (Å²) >= 11 is 1.95. The lowest BCUT2D eigenvalue weighted by atomic mass is 10.1. The molecular weight excluding hydrogens is 232 g/mol. The Labute approximate surface area is 106 Å². The maximum atomic E-state index is 9.19. The highest BCUT2D eigenvalue weighted by Crippen LogP contribution is 2.23. The van der Waals surface area contributed by atoms with E-state index in [1.54, 1.807) is 0 Å². The first-order valence-corrected chi connectivity index (χ1v) is 6.96. The first kappa shape index (κ1) is 12.2. The molecule has 1 aliphatic heterocycles. The van der Waals surface area contributed by atoms with Crippen molar-refractivity contribution in [3.05, 3.63) is 16.8 Å². The van der Waals surface area contributed by atoms with Gasteiger partial charge in [-0.2, -0.15) is 22.1 Å². The van der Waals surface area contributed by atoms with Crippen molar-refractivity contribution in [1.29, 1.82) is 5.26 Å². The van der Waals surface area contributed by atoms with Crippen molar-refractivity contribution in [3.8, 4) is 6.07 Å². The zero-order valence-electron chi connectivity index (χ0n) is 10.2. The lowest BCUT2D eigenvalue weighted by Crippen LogP contribution is -2.27. The van der Waals surface area contributed by atoms with Crippen molar-refractivity contribution in [2.75, 3.05) is 16.8 Å². The second-order valence-corrected chi connectivity index (χ2v) is 5.45. The van der Waals surface area contributed by atoms with E-state index in [0.717, 1.165) is 23.4 Å². The monoisotopic (exact) mass is 248 g/mol. The van der Waals surface area contributed by atoms with Gasteiger partial charge in [-0.15, -0.1) is 5.10 Å². The third kappa shape index (κ3) is 2.70. The number of thioether (sulfide) groups is 1. The highest BCUT2D eigenvalue weighted by molar-refractivity contribution is 7.99. The molecule has 4 nitrogen and oxygen atoms in total.